The summed E-state index contributed by atoms with van der Waals surface area (Å²) in [5, 5.41) is 8.43. The van der Waals surface area contributed by atoms with E-state index < -0.39 is 6.17 Å². The molecule has 3 atom stereocenters. The number of carbonyl (C=O) groups is 1. The fourth-order valence-corrected chi connectivity index (χ4v) is 4.95. The van der Waals surface area contributed by atoms with Crippen molar-refractivity contribution >= 4 is 16.8 Å². The maximum absolute atomic E-state index is 13.7. The van der Waals surface area contributed by atoms with Gasteiger partial charge in [-0.25, -0.2) is 9.37 Å². The minimum Gasteiger partial charge on any atom is -0.492 e. The zero-order valence-electron chi connectivity index (χ0n) is 21.6. The van der Waals surface area contributed by atoms with Crippen molar-refractivity contribution in [1.82, 2.24) is 25.0 Å². The monoisotopic (exact) mass is 501 g/mol. The van der Waals surface area contributed by atoms with E-state index in [-0.39, 0.29) is 18.0 Å². The van der Waals surface area contributed by atoms with Gasteiger partial charge in [-0.15, -0.1) is 0 Å². The quantitative estimate of drug-likeness (QED) is 0.392. The van der Waals surface area contributed by atoms with Crippen molar-refractivity contribution in [2.24, 2.45) is 7.05 Å². The van der Waals surface area contributed by atoms with Crippen LogP contribution in [0.5, 0.6) is 5.75 Å². The van der Waals surface area contributed by atoms with Crippen molar-refractivity contribution in [3.05, 3.63) is 77.6 Å². The number of fused-ring (bicyclic) bond motifs is 1. The highest BCUT2D eigenvalue weighted by molar-refractivity contribution is 5.96. The Labute approximate surface area is 216 Å². The molecule has 3 heterocycles. The molecule has 1 amide bonds. The van der Waals surface area contributed by atoms with E-state index in [2.05, 4.69) is 10.4 Å². The summed E-state index contributed by atoms with van der Waals surface area (Å²) in [7, 11) is 3.78. The Morgan fingerprint density at radius 2 is 2.03 bits per heavy atom. The number of carbonyl (C=O) groups excluding carboxylic acids is 1. The van der Waals surface area contributed by atoms with Gasteiger partial charge in [0.1, 0.15) is 18.5 Å². The summed E-state index contributed by atoms with van der Waals surface area (Å²) in [5.74, 6) is 0.424. The van der Waals surface area contributed by atoms with Gasteiger partial charge in [-0.2, -0.15) is 5.10 Å². The number of alkyl halides is 1. The Morgan fingerprint density at radius 1 is 1.22 bits per heavy atom. The van der Waals surface area contributed by atoms with Gasteiger partial charge in [-0.05, 0) is 62.7 Å². The molecule has 8 heteroatoms. The Hall–Kier alpha value is -3.78. The van der Waals surface area contributed by atoms with Crippen molar-refractivity contribution in [3.63, 3.8) is 0 Å². The maximum atomic E-state index is 13.7. The van der Waals surface area contributed by atoms with Gasteiger partial charge in [0.05, 0.1) is 23.4 Å². The number of ether oxygens (including phenoxy) is 1. The van der Waals surface area contributed by atoms with E-state index in [4.69, 9.17) is 9.72 Å². The lowest BCUT2D eigenvalue weighted by Crippen LogP contribution is -2.30. The van der Waals surface area contributed by atoms with Crippen molar-refractivity contribution < 1.29 is 13.9 Å². The van der Waals surface area contributed by atoms with Crippen LogP contribution in [0.2, 0.25) is 0 Å². The van der Waals surface area contributed by atoms with E-state index in [1.165, 1.54) is 0 Å². The van der Waals surface area contributed by atoms with Crippen LogP contribution in [0.1, 0.15) is 40.9 Å². The summed E-state index contributed by atoms with van der Waals surface area (Å²) < 4.78 is 21.4. The van der Waals surface area contributed by atoms with Crippen LogP contribution in [0.15, 0.2) is 60.9 Å². The first-order chi connectivity index (χ1) is 17.8. The molecule has 1 N–H and O–H groups in total. The van der Waals surface area contributed by atoms with Gasteiger partial charge in [0.25, 0.3) is 5.91 Å². The van der Waals surface area contributed by atoms with E-state index in [9.17, 15) is 9.18 Å². The SMILES string of the molecule is Cc1ccc(OC[C@@H]2C[C@@H](F)CN2C)cc1C(=O)N[C@H](C)c1cc(-c2cnn(C)c2)nc2ccccc12. The van der Waals surface area contributed by atoms with Gasteiger partial charge >= 0.3 is 0 Å². The third-order valence-corrected chi connectivity index (χ3v) is 7.10. The molecule has 192 valence electrons. The standard InChI is InChI=1S/C29H32FN5O2/c1-18-9-10-23(37-17-22-11-21(30)16-34(22)3)12-25(18)29(36)32-19(2)26-13-28(20-14-31-35(4)15-20)33-27-8-6-5-7-24(26)27/h5-10,12-15,19,21-22H,11,16-17H2,1-4H3,(H,32,36)/t19-,21-,22+/m1/s1. The summed E-state index contributed by atoms with van der Waals surface area (Å²) in [4.78, 5) is 20.2. The molecule has 1 saturated heterocycles. The molecule has 0 radical (unpaired) electrons. The van der Waals surface area contributed by atoms with Crippen LogP contribution in [0, 0.1) is 6.92 Å². The van der Waals surface area contributed by atoms with E-state index in [1.807, 2.05) is 81.5 Å². The number of halogens is 1. The molecule has 0 aliphatic carbocycles. The van der Waals surface area contributed by atoms with Crippen LogP contribution < -0.4 is 10.1 Å². The lowest BCUT2D eigenvalue weighted by atomic mass is 9.99. The molecule has 0 spiro atoms. The average Bonchev–Trinajstić information content (AvgIpc) is 3.46. The first-order valence-corrected chi connectivity index (χ1v) is 12.6. The molecule has 7 nitrogen and oxygen atoms in total. The Bertz CT molecular complexity index is 1440. The maximum Gasteiger partial charge on any atom is 0.252 e. The molecule has 4 aromatic rings. The third-order valence-electron chi connectivity index (χ3n) is 7.10. The van der Waals surface area contributed by atoms with Crippen LogP contribution in [0.25, 0.3) is 22.2 Å². The van der Waals surface area contributed by atoms with Gasteiger partial charge < -0.3 is 10.1 Å². The zero-order valence-corrected chi connectivity index (χ0v) is 21.6. The van der Waals surface area contributed by atoms with Crippen molar-refractivity contribution in [1.29, 1.82) is 0 Å². The number of nitrogens with zero attached hydrogens (tertiary/aromatic N) is 4. The first-order valence-electron chi connectivity index (χ1n) is 12.6. The predicted molar refractivity (Wildman–Crippen MR) is 142 cm³/mol. The molecule has 0 saturated carbocycles. The van der Waals surface area contributed by atoms with Crippen molar-refractivity contribution in [2.75, 3.05) is 20.2 Å². The number of amides is 1. The first kappa shape index (κ1) is 24.9. The second-order valence-corrected chi connectivity index (χ2v) is 9.93. The van der Waals surface area contributed by atoms with Gasteiger partial charge in [-0.3, -0.25) is 14.4 Å². The molecule has 1 fully saturated rings. The molecule has 2 aromatic heterocycles. The summed E-state index contributed by atoms with van der Waals surface area (Å²) >= 11 is 0. The van der Waals surface area contributed by atoms with E-state index in [0.29, 0.717) is 30.9 Å². The molecular weight excluding hydrogens is 469 g/mol. The van der Waals surface area contributed by atoms with Gasteiger partial charge in [-0.1, -0.05) is 24.3 Å². The number of rotatable bonds is 7. The highest BCUT2D eigenvalue weighted by atomic mass is 19.1. The topological polar surface area (TPSA) is 72.3 Å². The molecule has 0 unspecified atom stereocenters. The normalized spacial score (nSPS) is 18.7. The number of aromatic nitrogens is 3. The predicted octanol–water partition coefficient (Wildman–Crippen LogP) is 4.86. The van der Waals surface area contributed by atoms with Crippen LogP contribution in [0.3, 0.4) is 0 Å². The number of benzene rings is 2. The van der Waals surface area contributed by atoms with Crippen LogP contribution in [-0.4, -0.2) is 58.0 Å². The number of likely N-dealkylation sites (tertiary alicyclic amines) is 1. The van der Waals surface area contributed by atoms with Gasteiger partial charge in [0, 0.05) is 42.3 Å². The fraction of sp³-hybridized carbons (Fsp3) is 0.345. The molecule has 2 aromatic carbocycles. The lowest BCUT2D eigenvalue weighted by Gasteiger charge is -2.20. The van der Waals surface area contributed by atoms with Crippen LogP contribution in [-0.2, 0) is 7.05 Å². The largest absolute Gasteiger partial charge is 0.492 e. The molecule has 5 rings (SSSR count). The van der Waals surface area contributed by atoms with Crippen molar-refractivity contribution in [2.45, 2.75) is 38.5 Å². The fourth-order valence-electron chi connectivity index (χ4n) is 4.95. The second-order valence-electron chi connectivity index (χ2n) is 9.93. The number of hydrogen-bond acceptors (Lipinski definition) is 5. The summed E-state index contributed by atoms with van der Waals surface area (Å²) in [6, 6.07) is 15.2. The summed E-state index contributed by atoms with van der Waals surface area (Å²) in [6.07, 6.45) is 3.36. The van der Waals surface area contributed by atoms with E-state index >= 15 is 0 Å². The Morgan fingerprint density at radius 3 is 2.76 bits per heavy atom. The minimum absolute atomic E-state index is 0.0302. The molecule has 1 aliphatic heterocycles. The second kappa shape index (κ2) is 10.3. The highest BCUT2D eigenvalue weighted by Crippen LogP contribution is 2.29. The number of aryl methyl sites for hydroxylation is 2. The minimum atomic E-state index is -0.817. The number of para-hydroxylation sites is 1. The van der Waals surface area contributed by atoms with E-state index in [1.54, 1.807) is 16.9 Å². The van der Waals surface area contributed by atoms with Gasteiger partial charge in [0.2, 0.25) is 0 Å². The van der Waals surface area contributed by atoms with Crippen LogP contribution in [0.4, 0.5) is 4.39 Å². The van der Waals surface area contributed by atoms with Crippen LogP contribution >= 0.6 is 0 Å². The van der Waals surface area contributed by atoms with E-state index in [0.717, 1.165) is 33.3 Å². The number of hydrogen-bond donors (Lipinski definition) is 1. The third kappa shape index (κ3) is 5.34. The number of nitrogens with one attached hydrogen (secondary N) is 1. The Kier molecular flexibility index (Phi) is 6.93. The molecule has 1 aliphatic rings. The summed E-state index contributed by atoms with van der Waals surface area (Å²) in [5.41, 5.74) is 4.97. The lowest BCUT2D eigenvalue weighted by molar-refractivity contribution is 0.0939. The summed E-state index contributed by atoms with van der Waals surface area (Å²) in [6.45, 7) is 4.70. The highest BCUT2D eigenvalue weighted by Gasteiger charge is 2.29. The number of likely N-dealkylation sites (N-methyl/N-ethyl adjacent to an activating group) is 1. The molecular formula is C29H32FN5O2. The average molecular weight is 502 g/mol. The Balaban J connectivity index is 1.37. The number of pyridine rings is 1. The molecule has 0 bridgehead atoms. The zero-order chi connectivity index (χ0) is 26.1. The van der Waals surface area contributed by atoms with Crippen molar-refractivity contribution in [3.8, 4) is 17.0 Å². The van der Waals surface area contributed by atoms with Gasteiger partial charge in [0.15, 0.2) is 0 Å². The smallest absolute Gasteiger partial charge is 0.252 e. The molecule has 37 heavy (non-hydrogen) atoms.